The summed E-state index contributed by atoms with van der Waals surface area (Å²) in [6.45, 7) is 1.60. The minimum Gasteiger partial charge on any atom is -0.409 e. The first kappa shape index (κ1) is 11.3. The van der Waals surface area contributed by atoms with Gasteiger partial charge < -0.3 is 15.7 Å². The Balaban J connectivity index is 1.89. The summed E-state index contributed by atoms with van der Waals surface area (Å²) in [6.07, 6.45) is 6.81. The van der Waals surface area contributed by atoms with Gasteiger partial charge in [0.05, 0.1) is 0 Å². The van der Waals surface area contributed by atoms with Gasteiger partial charge in [-0.25, -0.2) is 0 Å². The average Bonchev–Trinajstić information content (AvgIpc) is 2.69. The number of hydrogen-bond donors (Lipinski definition) is 2. The van der Waals surface area contributed by atoms with Crippen molar-refractivity contribution in [2.45, 2.75) is 38.5 Å². The largest absolute Gasteiger partial charge is 0.409 e. The molecular formula is C10H20N2O2. The molecule has 0 heterocycles. The maximum atomic E-state index is 8.29. The number of amidine groups is 1. The van der Waals surface area contributed by atoms with E-state index in [0.29, 0.717) is 13.0 Å². The summed E-state index contributed by atoms with van der Waals surface area (Å²) in [5.74, 6) is 1.06. The zero-order valence-electron chi connectivity index (χ0n) is 8.61. The van der Waals surface area contributed by atoms with E-state index in [2.05, 4.69) is 5.16 Å². The van der Waals surface area contributed by atoms with Crippen LogP contribution in [0.5, 0.6) is 0 Å². The Labute approximate surface area is 85.1 Å². The van der Waals surface area contributed by atoms with E-state index in [1.165, 1.54) is 25.7 Å². The molecule has 14 heavy (non-hydrogen) atoms. The molecule has 0 aromatic carbocycles. The predicted octanol–water partition coefficient (Wildman–Crippen LogP) is 1.72. The van der Waals surface area contributed by atoms with Crippen molar-refractivity contribution in [2.75, 3.05) is 13.2 Å². The van der Waals surface area contributed by atoms with Crippen LogP contribution >= 0.6 is 0 Å². The predicted molar refractivity (Wildman–Crippen MR) is 55.4 cm³/mol. The highest BCUT2D eigenvalue weighted by atomic mass is 16.5. The van der Waals surface area contributed by atoms with E-state index in [0.717, 1.165) is 18.9 Å². The molecule has 1 saturated carbocycles. The van der Waals surface area contributed by atoms with E-state index < -0.39 is 0 Å². The molecular weight excluding hydrogens is 180 g/mol. The number of nitrogens with two attached hydrogens (primary N) is 1. The monoisotopic (exact) mass is 200 g/mol. The van der Waals surface area contributed by atoms with Crippen molar-refractivity contribution in [1.29, 1.82) is 0 Å². The van der Waals surface area contributed by atoms with E-state index >= 15 is 0 Å². The third-order valence-corrected chi connectivity index (χ3v) is 2.68. The summed E-state index contributed by atoms with van der Waals surface area (Å²) in [5, 5.41) is 11.2. The van der Waals surface area contributed by atoms with Crippen LogP contribution in [-0.4, -0.2) is 24.3 Å². The van der Waals surface area contributed by atoms with Gasteiger partial charge in [0.25, 0.3) is 0 Å². The van der Waals surface area contributed by atoms with Crippen molar-refractivity contribution in [2.24, 2.45) is 16.8 Å². The minimum atomic E-state index is 0.287. The smallest absolute Gasteiger partial charge is 0.139 e. The van der Waals surface area contributed by atoms with Crippen LogP contribution in [-0.2, 0) is 4.74 Å². The van der Waals surface area contributed by atoms with Crippen molar-refractivity contribution in [3.8, 4) is 0 Å². The normalized spacial score (nSPS) is 19.0. The summed E-state index contributed by atoms with van der Waals surface area (Å²) in [4.78, 5) is 0. The van der Waals surface area contributed by atoms with Gasteiger partial charge in [-0.1, -0.05) is 18.0 Å². The Morgan fingerprint density at radius 2 is 2.14 bits per heavy atom. The van der Waals surface area contributed by atoms with Crippen LogP contribution in [0.3, 0.4) is 0 Å². The average molecular weight is 200 g/mol. The molecule has 4 heteroatoms. The molecule has 0 radical (unpaired) electrons. The van der Waals surface area contributed by atoms with Crippen LogP contribution in [0.1, 0.15) is 38.5 Å². The van der Waals surface area contributed by atoms with Crippen LogP contribution in [0.2, 0.25) is 0 Å². The first-order valence-electron chi connectivity index (χ1n) is 5.37. The van der Waals surface area contributed by atoms with Gasteiger partial charge in [-0.2, -0.15) is 0 Å². The van der Waals surface area contributed by atoms with Gasteiger partial charge in [-0.3, -0.25) is 0 Å². The number of rotatable bonds is 6. The van der Waals surface area contributed by atoms with Gasteiger partial charge in [0.1, 0.15) is 5.84 Å². The van der Waals surface area contributed by atoms with Crippen molar-refractivity contribution in [3.63, 3.8) is 0 Å². The molecule has 1 fully saturated rings. The molecule has 0 aromatic rings. The lowest BCUT2D eigenvalue weighted by molar-refractivity contribution is 0.100. The van der Waals surface area contributed by atoms with Gasteiger partial charge in [0.15, 0.2) is 0 Å². The van der Waals surface area contributed by atoms with E-state index in [9.17, 15) is 0 Å². The van der Waals surface area contributed by atoms with E-state index in [4.69, 9.17) is 15.7 Å². The Hall–Kier alpha value is -0.770. The second kappa shape index (κ2) is 6.65. The Bertz CT molecular complexity index is 177. The maximum Gasteiger partial charge on any atom is 0.139 e. The summed E-state index contributed by atoms with van der Waals surface area (Å²) in [6, 6.07) is 0. The molecule has 0 bridgehead atoms. The van der Waals surface area contributed by atoms with E-state index in [1.54, 1.807) is 0 Å². The van der Waals surface area contributed by atoms with Crippen molar-refractivity contribution >= 4 is 5.84 Å². The van der Waals surface area contributed by atoms with Crippen molar-refractivity contribution in [3.05, 3.63) is 0 Å². The number of nitrogens with zero attached hydrogens (tertiary/aromatic N) is 1. The maximum absolute atomic E-state index is 8.29. The molecule has 1 aliphatic rings. The highest BCUT2D eigenvalue weighted by Gasteiger charge is 2.14. The Morgan fingerprint density at radius 1 is 1.43 bits per heavy atom. The van der Waals surface area contributed by atoms with Gasteiger partial charge in [0.2, 0.25) is 0 Å². The lowest BCUT2D eigenvalue weighted by atomic mass is 10.1. The fourth-order valence-corrected chi connectivity index (χ4v) is 1.83. The quantitative estimate of drug-likeness (QED) is 0.225. The standard InChI is InChI=1S/C10H20N2O2/c11-10(12-13)6-3-7-14-8-9-4-1-2-5-9/h9,13H,1-8H2,(H2,11,12). The van der Waals surface area contributed by atoms with Crippen LogP contribution in [0.4, 0.5) is 0 Å². The molecule has 0 aromatic heterocycles. The molecule has 0 spiro atoms. The number of hydrogen-bond acceptors (Lipinski definition) is 3. The lowest BCUT2D eigenvalue weighted by Gasteiger charge is -2.09. The summed E-state index contributed by atoms with van der Waals surface area (Å²) >= 11 is 0. The van der Waals surface area contributed by atoms with Crippen LogP contribution in [0, 0.1) is 5.92 Å². The minimum absolute atomic E-state index is 0.287. The van der Waals surface area contributed by atoms with Gasteiger partial charge in [-0.05, 0) is 25.2 Å². The van der Waals surface area contributed by atoms with Gasteiger partial charge in [0, 0.05) is 19.6 Å². The molecule has 82 valence electrons. The summed E-state index contributed by atoms with van der Waals surface area (Å²) in [5.41, 5.74) is 5.32. The highest BCUT2D eigenvalue weighted by Crippen LogP contribution is 2.24. The zero-order chi connectivity index (χ0) is 10.2. The van der Waals surface area contributed by atoms with Gasteiger partial charge >= 0.3 is 0 Å². The van der Waals surface area contributed by atoms with E-state index in [1.807, 2.05) is 0 Å². The second-order valence-electron chi connectivity index (χ2n) is 3.92. The molecule has 0 atom stereocenters. The number of oxime groups is 1. The first-order chi connectivity index (χ1) is 6.83. The van der Waals surface area contributed by atoms with Crippen LogP contribution < -0.4 is 5.73 Å². The molecule has 0 unspecified atom stereocenters. The third-order valence-electron chi connectivity index (χ3n) is 2.68. The lowest BCUT2D eigenvalue weighted by Crippen LogP contribution is -2.13. The van der Waals surface area contributed by atoms with Crippen molar-refractivity contribution in [1.82, 2.24) is 0 Å². The molecule has 0 saturated heterocycles. The molecule has 1 aliphatic carbocycles. The molecule has 1 rings (SSSR count). The highest BCUT2D eigenvalue weighted by molar-refractivity contribution is 5.79. The Kier molecular flexibility index (Phi) is 5.37. The molecule has 0 aliphatic heterocycles. The Morgan fingerprint density at radius 3 is 2.79 bits per heavy atom. The topological polar surface area (TPSA) is 67.8 Å². The van der Waals surface area contributed by atoms with E-state index in [-0.39, 0.29) is 5.84 Å². The fourth-order valence-electron chi connectivity index (χ4n) is 1.83. The first-order valence-corrected chi connectivity index (χ1v) is 5.37. The second-order valence-corrected chi connectivity index (χ2v) is 3.92. The molecule has 0 amide bonds. The SMILES string of the molecule is NC(CCCOCC1CCCC1)=NO. The van der Waals surface area contributed by atoms with Crippen LogP contribution in [0.15, 0.2) is 5.16 Å². The van der Waals surface area contributed by atoms with Gasteiger partial charge in [-0.15, -0.1) is 0 Å². The van der Waals surface area contributed by atoms with Crippen LogP contribution in [0.25, 0.3) is 0 Å². The summed E-state index contributed by atoms with van der Waals surface area (Å²) in [7, 11) is 0. The number of ether oxygens (including phenoxy) is 1. The van der Waals surface area contributed by atoms with Crippen molar-refractivity contribution < 1.29 is 9.94 Å². The molecule has 4 nitrogen and oxygen atoms in total. The fraction of sp³-hybridized carbons (Fsp3) is 0.900. The summed E-state index contributed by atoms with van der Waals surface area (Å²) < 4.78 is 5.52. The zero-order valence-corrected chi connectivity index (χ0v) is 8.61. The third kappa shape index (κ3) is 4.46. The molecule has 3 N–H and O–H groups in total.